The number of hydrogen-bond donors (Lipinski definition) is 2. The normalized spacial score (nSPS) is 16.1. The Morgan fingerprint density at radius 1 is 1.15 bits per heavy atom. The predicted octanol–water partition coefficient (Wildman–Crippen LogP) is 2.39. The van der Waals surface area contributed by atoms with Gasteiger partial charge in [0.1, 0.15) is 5.82 Å². The lowest BCUT2D eigenvalue weighted by molar-refractivity contribution is 0.453. The fraction of sp³-hybridized carbons (Fsp3) is 0.400. The van der Waals surface area contributed by atoms with Crippen LogP contribution in [-0.4, -0.2) is 28.0 Å². The second kappa shape index (κ2) is 5.96. The van der Waals surface area contributed by atoms with Gasteiger partial charge in [-0.3, -0.25) is 0 Å². The quantitative estimate of drug-likeness (QED) is 0.896. The number of hydrogen-bond acceptors (Lipinski definition) is 5. The summed E-state index contributed by atoms with van der Waals surface area (Å²) in [6, 6.07) is 5.96. The first-order valence-corrected chi connectivity index (χ1v) is 7.05. The van der Waals surface area contributed by atoms with Gasteiger partial charge in [-0.15, -0.1) is 0 Å². The minimum absolute atomic E-state index is 0.532. The number of pyridine rings is 1. The lowest BCUT2D eigenvalue weighted by atomic mass is 9.94. The Hall–Kier alpha value is -2.01. The van der Waals surface area contributed by atoms with Gasteiger partial charge in [0.25, 0.3) is 0 Å². The van der Waals surface area contributed by atoms with Crippen LogP contribution >= 0.6 is 0 Å². The fourth-order valence-electron chi connectivity index (χ4n) is 2.50. The Morgan fingerprint density at radius 3 is 2.80 bits per heavy atom. The van der Waals surface area contributed by atoms with Crippen LogP contribution < -0.4 is 10.6 Å². The summed E-state index contributed by atoms with van der Waals surface area (Å²) in [5.74, 6) is 1.97. The van der Waals surface area contributed by atoms with Crippen LogP contribution in [0.5, 0.6) is 0 Å². The van der Waals surface area contributed by atoms with Crippen molar-refractivity contribution in [3.63, 3.8) is 0 Å². The molecule has 20 heavy (non-hydrogen) atoms. The van der Waals surface area contributed by atoms with Crippen LogP contribution in [-0.2, 0) is 0 Å². The Labute approximate surface area is 118 Å². The fourth-order valence-corrected chi connectivity index (χ4v) is 2.50. The van der Waals surface area contributed by atoms with E-state index in [1.165, 1.54) is 0 Å². The van der Waals surface area contributed by atoms with Crippen molar-refractivity contribution in [3.8, 4) is 0 Å². The molecule has 0 bridgehead atoms. The maximum Gasteiger partial charge on any atom is 0.228 e. The average Bonchev–Trinajstić information content (AvgIpc) is 2.51. The number of anilines is 2. The molecule has 0 spiro atoms. The molecule has 3 rings (SSSR count). The van der Waals surface area contributed by atoms with Gasteiger partial charge in [-0.25, -0.2) is 15.0 Å². The van der Waals surface area contributed by atoms with Crippen LogP contribution in [0.15, 0.2) is 30.6 Å². The molecule has 0 amide bonds. The molecular weight excluding hydrogens is 250 g/mol. The van der Waals surface area contributed by atoms with E-state index < -0.39 is 0 Å². The average molecular weight is 269 g/mol. The van der Waals surface area contributed by atoms with Gasteiger partial charge in [0, 0.05) is 24.0 Å². The molecule has 2 N–H and O–H groups in total. The van der Waals surface area contributed by atoms with E-state index in [9.17, 15) is 0 Å². The summed E-state index contributed by atoms with van der Waals surface area (Å²) in [4.78, 5) is 13.3. The monoisotopic (exact) mass is 269 g/mol. The maximum absolute atomic E-state index is 4.64. The van der Waals surface area contributed by atoms with Crippen molar-refractivity contribution in [2.24, 2.45) is 0 Å². The van der Waals surface area contributed by atoms with Gasteiger partial charge in [0.2, 0.25) is 5.95 Å². The molecule has 0 radical (unpaired) electrons. The number of aryl methyl sites for hydroxylation is 1. The van der Waals surface area contributed by atoms with Crippen molar-refractivity contribution in [2.45, 2.75) is 25.7 Å². The molecule has 1 saturated heterocycles. The molecule has 5 heteroatoms. The summed E-state index contributed by atoms with van der Waals surface area (Å²) in [6.45, 7) is 4.15. The Bertz CT molecular complexity index is 578. The highest BCUT2D eigenvalue weighted by Crippen LogP contribution is 2.24. The molecule has 1 aliphatic rings. The zero-order valence-electron chi connectivity index (χ0n) is 11.6. The van der Waals surface area contributed by atoms with Crippen molar-refractivity contribution >= 4 is 11.8 Å². The first kappa shape index (κ1) is 13.0. The summed E-state index contributed by atoms with van der Waals surface area (Å²) < 4.78 is 0. The van der Waals surface area contributed by atoms with E-state index in [0.29, 0.717) is 11.9 Å². The van der Waals surface area contributed by atoms with Crippen LogP contribution in [0.1, 0.15) is 30.0 Å². The third-order valence-corrected chi connectivity index (χ3v) is 3.67. The number of nitrogens with zero attached hydrogens (tertiary/aromatic N) is 3. The Morgan fingerprint density at radius 2 is 2.00 bits per heavy atom. The molecule has 0 aromatic carbocycles. The highest BCUT2D eigenvalue weighted by atomic mass is 15.1. The Kier molecular flexibility index (Phi) is 3.87. The molecule has 5 nitrogen and oxygen atoms in total. The van der Waals surface area contributed by atoms with Crippen LogP contribution in [0.2, 0.25) is 0 Å². The van der Waals surface area contributed by atoms with E-state index in [4.69, 9.17) is 0 Å². The summed E-state index contributed by atoms with van der Waals surface area (Å²) in [6.07, 6.45) is 5.87. The first-order valence-electron chi connectivity index (χ1n) is 7.05. The lowest BCUT2D eigenvalue weighted by Gasteiger charge is -2.22. The third-order valence-electron chi connectivity index (χ3n) is 3.67. The molecule has 2 aromatic heterocycles. The molecule has 104 valence electrons. The van der Waals surface area contributed by atoms with Gasteiger partial charge in [-0.05, 0) is 50.6 Å². The largest absolute Gasteiger partial charge is 0.317 e. The maximum atomic E-state index is 4.64. The van der Waals surface area contributed by atoms with Crippen molar-refractivity contribution in [2.75, 3.05) is 18.4 Å². The van der Waals surface area contributed by atoms with Crippen molar-refractivity contribution < 1.29 is 0 Å². The molecule has 0 atom stereocenters. The van der Waals surface area contributed by atoms with E-state index in [1.54, 1.807) is 6.20 Å². The highest BCUT2D eigenvalue weighted by Gasteiger charge is 2.17. The van der Waals surface area contributed by atoms with E-state index in [-0.39, 0.29) is 0 Å². The van der Waals surface area contributed by atoms with E-state index in [0.717, 1.165) is 43.0 Å². The zero-order chi connectivity index (χ0) is 13.8. The third kappa shape index (κ3) is 2.93. The van der Waals surface area contributed by atoms with E-state index in [2.05, 4.69) is 25.6 Å². The number of aromatic nitrogens is 3. The predicted molar refractivity (Wildman–Crippen MR) is 79.1 cm³/mol. The number of piperidine rings is 1. The van der Waals surface area contributed by atoms with Crippen LogP contribution in [0.25, 0.3) is 0 Å². The van der Waals surface area contributed by atoms with Crippen LogP contribution in [0.4, 0.5) is 11.8 Å². The summed E-state index contributed by atoms with van der Waals surface area (Å²) >= 11 is 0. The van der Waals surface area contributed by atoms with Crippen LogP contribution in [0, 0.1) is 6.92 Å². The van der Waals surface area contributed by atoms with E-state index in [1.807, 2.05) is 31.3 Å². The SMILES string of the molecule is Cc1cccnc1Nc1nccc(C2CCNCC2)n1. The lowest BCUT2D eigenvalue weighted by Crippen LogP contribution is -2.27. The van der Waals surface area contributed by atoms with Gasteiger partial charge in [-0.2, -0.15) is 0 Å². The minimum Gasteiger partial charge on any atom is -0.317 e. The van der Waals surface area contributed by atoms with Gasteiger partial charge in [0.15, 0.2) is 0 Å². The molecule has 0 aliphatic carbocycles. The molecule has 2 aromatic rings. The first-order chi connectivity index (χ1) is 9.83. The van der Waals surface area contributed by atoms with E-state index >= 15 is 0 Å². The molecule has 1 fully saturated rings. The van der Waals surface area contributed by atoms with Crippen molar-refractivity contribution in [1.29, 1.82) is 0 Å². The molecular formula is C15H19N5. The second-order valence-corrected chi connectivity index (χ2v) is 5.12. The van der Waals surface area contributed by atoms with Crippen molar-refractivity contribution in [1.82, 2.24) is 20.3 Å². The zero-order valence-corrected chi connectivity index (χ0v) is 11.6. The summed E-state index contributed by atoms with van der Waals surface area (Å²) in [5, 5.41) is 6.58. The highest BCUT2D eigenvalue weighted by molar-refractivity contribution is 5.52. The minimum atomic E-state index is 0.532. The molecule has 1 aliphatic heterocycles. The molecule has 0 saturated carbocycles. The number of nitrogens with one attached hydrogen (secondary N) is 2. The second-order valence-electron chi connectivity index (χ2n) is 5.12. The summed E-state index contributed by atoms with van der Waals surface area (Å²) in [7, 11) is 0. The smallest absolute Gasteiger partial charge is 0.228 e. The standard InChI is InChI=1S/C15H19N5/c1-11-3-2-7-17-14(11)20-15-18-10-6-13(19-15)12-4-8-16-9-5-12/h2-3,6-7,10,12,16H,4-5,8-9H2,1H3,(H,17,18,19,20). The molecule has 0 unspecified atom stereocenters. The molecule has 3 heterocycles. The van der Waals surface area contributed by atoms with Crippen molar-refractivity contribution in [3.05, 3.63) is 41.9 Å². The van der Waals surface area contributed by atoms with Gasteiger partial charge in [0.05, 0.1) is 0 Å². The van der Waals surface area contributed by atoms with Crippen LogP contribution in [0.3, 0.4) is 0 Å². The van der Waals surface area contributed by atoms with Gasteiger partial charge < -0.3 is 10.6 Å². The van der Waals surface area contributed by atoms with Gasteiger partial charge in [-0.1, -0.05) is 6.07 Å². The topological polar surface area (TPSA) is 62.7 Å². The van der Waals surface area contributed by atoms with Gasteiger partial charge >= 0.3 is 0 Å². The Balaban J connectivity index is 1.79. The summed E-state index contributed by atoms with van der Waals surface area (Å²) in [5.41, 5.74) is 2.21. The number of rotatable bonds is 3.